The number of rotatable bonds is 6. The number of piperidine rings is 1. The average molecular weight is 387 g/mol. The lowest BCUT2D eigenvalue weighted by Crippen LogP contribution is -2.49. The molecule has 0 N–H and O–H groups in total. The van der Waals surface area contributed by atoms with Crippen molar-refractivity contribution in [1.82, 2.24) is 19.6 Å². The van der Waals surface area contributed by atoms with Crippen LogP contribution in [0.25, 0.3) is 0 Å². The van der Waals surface area contributed by atoms with E-state index < -0.39 is 0 Å². The number of carbonyl (C=O) groups excluding carboxylic acids is 2. The highest BCUT2D eigenvalue weighted by atomic mass is 16.2. The van der Waals surface area contributed by atoms with Crippen LogP contribution in [0.4, 0.5) is 0 Å². The summed E-state index contributed by atoms with van der Waals surface area (Å²) in [7, 11) is 1.86. The van der Waals surface area contributed by atoms with Crippen LogP contribution in [0, 0.1) is 6.92 Å². The van der Waals surface area contributed by atoms with Crippen LogP contribution in [0.5, 0.6) is 0 Å². The van der Waals surface area contributed by atoms with Gasteiger partial charge in [-0.25, -0.2) is 0 Å². The summed E-state index contributed by atoms with van der Waals surface area (Å²) >= 11 is 0. The number of hydrogen-bond acceptors (Lipinski definition) is 3. The van der Waals surface area contributed by atoms with Gasteiger partial charge in [0.2, 0.25) is 5.91 Å². The van der Waals surface area contributed by atoms with Crippen molar-refractivity contribution in [3.8, 4) is 0 Å². The van der Waals surface area contributed by atoms with Gasteiger partial charge < -0.3 is 9.80 Å². The van der Waals surface area contributed by atoms with Crippen molar-refractivity contribution in [2.75, 3.05) is 19.6 Å². The first kappa shape index (κ1) is 20.6. The highest BCUT2D eigenvalue weighted by molar-refractivity contribution is 5.95. The van der Waals surface area contributed by atoms with E-state index in [0.717, 1.165) is 44.3 Å². The molecule has 1 aliphatic carbocycles. The number of hydrogen-bond donors (Lipinski definition) is 0. The third-order valence-corrected chi connectivity index (χ3v) is 6.21. The molecule has 1 aromatic heterocycles. The summed E-state index contributed by atoms with van der Waals surface area (Å²) in [6, 6.07) is 0.246. The summed E-state index contributed by atoms with van der Waals surface area (Å²) in [5.74, 6) is 0.327. The number of aryl methyl sites for hydroxylation is 1. The Morgan fingerprint density at radius 2 is 2.00 bits per heavy atom. The molecule has 1 fully saturated rings. The first-order valence-electron chi connectivity index (χ1n) is 10.8. The Hall–Kier alpha value is -2.11. The summed E-state index contributed by atoms with van der Waals surface area (Å²) in [5.41, 5.74) is 2.90. The van der Waals surface area contributed by atoms with Gasteiger partial charge in [-0.05, 0) is 51.9 Å². The molecule has 1 saturated heterocycles. The lowest BCUT2D eigenvalue weighted by atomic mass is 9.95. The third kappa shape index (κ3) is 4.65. The zero-order valence-electron chi connectivity index (χ0n) is 17.6. The summed E-state index contributed by atoms with van der Waals surface area (Å²) in [5, 5.41) is 4.19. The molecule has 28 heavy (non-hydrogen) atoms. The van der Waals surface area contributed by atoms with Crippen LogP contribution in [-0.2, 0) is 11.8 Å². The summed E-state index contributed by atoms with van der Waals surface area (Å²) in [6.07, 6.45) is 11.8. The van der Waals surface area contributed by atoms with E-state index in [4.69, 9.17) is 0 Å². The fourth-order valence-corrected chi connectivity index (χ4v) is 4.37. The first-order valence-corrected chi connectivity index (χ1v) is 10.8. The quantitative estimate of drug-likeness (QED) is 0.704. The van der Waals surface area contributed by atoms with Crippen LogP contribution in [0.2, 0.25) is 0 Å². The molecule has 1 aromatic rings. The van der Waals surface area contributed by atoms with Gasteiger partial charge >= 0.3 is 0 Å². The minimum Gasteiger partial charge on any atom is -0.339 e. The maximum Gasteiger partial charge on any atom is 0.257 e. The molecule has 154 valence electrons. The van der Waals surface area contributed by atoms with Crippen LogP contribution < -0.4 is 0 Å². The second-order valence-electron chi connectivity index (χ2n) is 8.16. The maximum atomic E-state index is 13.0. The maximum absolute atomic E-state index is 13.0. The van der Waals surface area contributed by atoms with Crippen molar-refractivity contribution in [2.45, 2.75) is 71.3 Å². The van der Waals surface area contributed by atoms with Gasteiger partial charge in [0.25, 0.3) is 5.91 Å². The topological polar surface area (TPSA) is 58.4 Å². The zero-order valence-corrected chi connectivity index (χ0v) is 17.6. The van der Waals surface area contributed by atoms with Gasteiger partial charge in [-0.1, -0.05) is 18.6 Å². The molecular weight excluding hydrogens is 352 g/mol. The molecule has 0 spiro atoms. The number of carbonyl (C=O) groups is 2. The molecule has 2 aliphatic rings. The van der Waals surface area contributed by atoms with E-state index in [1.54, 1.807) is 10.9 Å². The Labute approximate surface area is 168 Å². The van der Waals surface area contributed by atoms with E-state index >= 15 is 0 Å². The summed E-state index contributed by atoms with van der Waals surface area (Å²) < 4.78 is 1.74. The largest absolute Gasteiger partial charge is 0.339 e. The fraction of sp³-hybridized carbons (Fsp3) is 0.682. The molecule has 0 radical (unpaired) electrons. The Morgan fingerprint density at radius 1 is 1.25 bits per heavy atom. The zero-order chi connectivity index (χ0) is 20.1. The van der Waals surface area contributed by atoms with Crippen LogP contribution in [0.3, 0.4) is 0 Å². The second-order valence-corrected chi connectivity index (χ2v) is 8.16. The van der Waals surface area contributed by atoms with Crippen molar-refractivity contribution in [2.24, 2.45) is 7.05 Å². The summed E-state index contributed by atoms with van der Waals surface area (Å²) in [4.78, 5) is 29.8. The minimum atomic E-state index is 0.0600. The van der Waals surface area contributed by atoms with Crippen LogP contribution in [0.15, 0.2) is 17.8 Å². The predicted octanol–water partition coefficient (Wildman–Crippen LogP) is 3.46. The Balaban J connectivity index is 1.59. The SMILES string of the molecule is CCCN(C(=O)CC1=CCCCC1)C1CCN(C(=O)c2cnn(C)c2C)CC1. The standard InChI is InChI=1S/C22H34N4O2/c1-4-12-26(21(27)15-18-8-6-5-7-9-18)19-10-13-25(14-11-19)22(28)20-16-23-24(3)17(20)2/h8,16,19H,4-7,9-15H2,1-3H3. The predicted molar refractivity (Wildman–Crippen MR) is 110 cm³/mol. The van der Waals surface area contributed by atoms with E-state index in [-0.39, 0.29) is 17.9 Å². The molecule has 6 heteroatoms. The molecular formula is C22H34N4O2. The van der Waals surface area contributed by atoms with E-state index in [1.807, 2.05) is 18.9 Å². The summed E-state index contributed by atoms with van der Waals surface area (Å²) in [6.45, 7) is 6.27. The lowest BCUT2D eigenvalue weighted by Gasteiger charge is -2.39. The molecule has 0 atom stereocenters. The molecule has 6 nitrogen and oxygen atoms in total. The minimum absolute atomic E-state index is 0.0600. The van der Waals surface area contributed by atoms with Crippen molar-refractivity contribution in [3.63, 3.8) is 0 Å². The van der Waals surface area contributed by atoms with Gasteiger partial charge in [-0.3, -0.25) is 14.3 Å². The lowest BCUT2D eigenvalue weighted by molar-refractivity contribution is -0.133. The van der Waals surface area contributed by atoms with Crippen molar-refractivity contribution in [3.05, 3.63) is 29.1 Å². The molecule has 0 saturated carbocycles. The highest BCUT2D eigenvalue weighted by Crippen LogP contribution is 2.24. The van der Waals surface area contributed by atoms with E-state index in [2.05, 4.69) is 23.0 Å². The van der Waals surface area contributed by atoms with Gasteiger partial charge in [0.1, 0.15) is 0 Å². The number of nitrogens with zero attached hydrogens (tertiary/aromatic N) is 4. The molecule has 3 rings (SSSR count). The van der Waals surface area contributed by atoms with Crippen LogP contribution in [0.1, 0.15) is 74.3 Å². The molecule has 2 heterocycles. The van der Waals surface area contributed by atoms with Crippen LogP contribution >= 0.6 is 0 Å². The highest BCUT2D eigenvalue weighted by Gasteiger charge is 2.30. The Bertz CT molecular complexity index is 729. The molecule has 1 aliphatic heterocycles. The molecule has 0 aromatic carbocycles. The average Bonchev–Trinajstić information content (AvgIpc) is 3.05. The van der Waals surface area contributed by atoms with Crippen LogP contribution in [-0.4, -0.2) is 57.1 Å². The van der Waals surface area contributed by atoms with Gasteiger partial charge in [-0.2, -0.15) is 5.10 Å². The monoisotopic (exact) mass is 386 g/mol. The molecule has 0 unspecified atom stereocenters. The van der Waals surface area contributed by atoms with E-state index in [0.29, 0.717) is 25.1 Å². The number of amides is 2. The van der Waals surface area contributed by atoms with Crippen molar-refractivity contribution in [1.29, 1.82) is 0 Å². The molecule has 2 amide bonds. The normalized spacial score (nSPS) is 18.1. The smallest absolute Gasteiger partial charge is 0.257 e. The Kier molecular flexibility index (Phi) is 6.92. The Morgan fingerprint density at radius 3 is 2.57 bits per heavy atom. The second kappa shape index (κ2) is 9.39. The van der Waals surface area contributed by atoms with E-state index in [9.17, 15) is 9.59 Å². The van der Waals surface area contributed by atoms with Gasteiger partial charge in [0, 0.05) is 44.8 Å². The van der Waals surface area contributed by atoms with Gasteiger partial charge in [-0.15, -0.1) is 0 Å². The third-order valence-electron chi connectivity index (χ3n) is 6.21. The fourth-order valence-electron chi connectivity index (χ4n) is 4.37. The number of allylic oxidation sites excluding steroid dienone is 1. The molecule has 0 bridgehead atoms. The first-order chi connectivity index (χ1) is 13.5. The number of likely N-dealkylation sites (tertiary alicyclic amines) is 1. The van der Waals surface area contributed by atoms with Gasteiger partial charge in [0.05, 0.1) is 11.8 Å². The van der Waals surface area contributed by atoms with E-state index in [1.165, 1.54) is 18.4 Å². The van der Waals surface area contributed by atoms with Crippen molar-refractivity contribution >= 4 is 11.8 Å². The van der Waals surface area contributed by atoms with Gasteiger partial charge in [0.15, 0.2) is 0 Å². The number of aromatic nitrogens is 2. The van der Waals surface area contributed by atoms with Crippen molar-refractivity contribution < 1.29 is 9.59 Å².